The Morgan fingerprint density at radius 1 is 1.08 bits per heavy atom. The van der Waals surface area contributed by atoms with Gasteiger partial charge in [0.15, 0.2) is 0 Å². The molecule has 2 aromatic rings. The van der Waals surface area contributed by atoms with E-state index in [2.05, 4.69) is 21.7 Å². The summed E-state index contributed by atoms with van der Waals surface area (Å²) in [7, 11) is 0. The number of pyridine rings is 1. The van der Waals surface area contributed by atoms with Crippen molar-refractivity contribution in [1.29, 1.82) is 0 Å². The van der Waals surface area contributed by atoms with Crippen molar-refractivity contribution < 1.29 is 9.59 Å². The number of hydrogen-bond donors (Lipinski definition) is 2. The third-order valence-electron chi connectivity index (χ3n) is 3.72. The van der Waals surface area contributed by atoms with E-state index in [9.17, 15) is 9.59 Å². The first-order chi connectivity index (χ1) is 12.6. The maximum atomic E-state index is 12.0. The van der Waals surface area contributed by atoms with E-state index in [1.807, 2.05) is 36.5 Å². The van der Waals surface area contributed by atoms with Crippen molar-refractivity contribution in [2.75, 3.05) is 11.9 Å². The van der Waals surface area contributed by atoms with E-state index in [-0.39, 0.29) is 11.8 Å². The second-order valence-electron chi connectivity index (χ2n) is 6.02. The molecule has 26 heavy (non-hydrogen) atoms. The summed E-state index contributed by atoms with van der Waals surface area (Å²) in [5.41, 5.74) is 2.01. The Balaban J connectivity index is 1.64. The van der Waals surface area contributed by atoms with Gasteiger partial charge in [0.25, 0.3) is 0 Å². The highest BCUT2D eigenvalue weighted by molar-refractivity contribution is 7.98. The molecule has 2 N–H and O–H groups in total. The van der Waals surface area contributed by atoms with Gasteiger partial charge in [0.05, 0.1) is 0 Å². The fourth-order valence-corrected chi connectivity index (χ4v) is 3.19. The van der Waals surface area contributed by atoms with Crippen LogP contribution in [0.1, 0.15) is 38.2 Å². The molecule has 5 nitrogen and oxygen atoms in total. The van der Waals surface area contributed by atoms with Crippen LogP contribution in [0.5, 0.6) is 0 Å². The normalized spacial score (nSPS) is 10.3. The van der Waals surface area contributed by atoms with Gasteiger partial charge in [0, 0.05) is 48.6 Å². The zero-order chi connectivity index (χ0) is 18.6. The quantitative estimate of drug-likeness (QED) is 0.489. The lowest BCUT2D eigenvalue weighted by atomic mass is 10.2. The van der Waals surface area contributed by atoms with E-state index in [0.29, 0.717) is 13.0 Å². The fraction of sp³-hybridized carbons (Fsp3) is 0.350. The predicted octanol–water partition coefficient (Wildman–Crippen LogP) is 4.01. The smallest absolute Gasteiger partial charge is 0.224 e. The van der Waals surface area contributed by atoms with Gasteiger partial charge in [0.2, 0.25) is 11.8 Å². The number of aromatic nitrogens is 1. The molecule has 1 heterocycles. The Kier molecular flexibility index (Phi) is 8.69. The SMILES string of the molecule is CC(=O)NCCCCCC(=O)Nc1ccc(SCc2cccnc2)cc1. The molecule has 0 aliphatic heterocycles. The summed E-state index contributed by atoms with van der Waals surface area (Å²) < 4.78 is 0. The number of hydrogen-bond acceptors (Lipinski definition) is 4. The third-order valence-corrected chi connectivity index (χ3v) is 4.80. The van der Waals surface area contributed by atoms with Gasteiger partial charge in [-0.05, 0) is 48.7 Å². The zero-order valence-corrected chi connectivity index (χ0v) is 15.8. The van der Waals surface area contributed by atoms with Crippen molar-refractivity contribution in [1.82, 2.24) is 10.3 Å². The van der Waals surface area contributed by atoms with Gasteiger partial charge < -0.3 is 10.6 Å². The summed E-state index contributed by atoms with van der Waals surface area (Å²) in [6.45, 7) is 2.19. The van der Waals surface area contributed by atoms with E-state index in [0.717, 1.165) is 35.6 Å². The Morgan fingerprint density at radius 3 is 2.58 bits per heavy atom. The number of anilines is 1. The van der Waals surface area contributed by atoms with Crippen LogP contribution in [-0.2, 0) is 15.3 Å². The van der Waals surface area contributed by atoms with E-state index < -0.39 is 0 Å². The number of benzene rings is 1. The second kappa shape index (κ2) is 11.3. The molecule has 6 heteroatoms. The van der Waals surface area contributed by atoms with E-state index in [1.165, 1.54) is 12.5 Å². The molecule has 0 spiro atoms. The van der Waals surface area contributed by atoms with Gasteiger partial charge in [-0.3, -0.25) is 14.6 Å². The number of amides is 2. The number of thioether (sulfide) groups is 1. The Bertz CT molecular complexity index is 690. The standard InChI is InChI=1S/C20H25N3O2S/c1-16(24)22-13-4-2-3-7-20(25)23-18-8-10-19(11-9-18)26-15-17-6-5-12-21-14-17/h5-6,8-12,14H,2-4,7,13,15H2,1H3,(H,22,24)(H,23,25). The number of carbonyl (C=O) groups excluding carboxylic acids is 2. The van der Waals surface area contributed by atoms with Gasteiger partial charge in [0.1, 0.15) is 0 Å². The molecular weight excluding hydrogens is 346 g/mol. The summed E-state index contributed by atoms with van der Waals surface area (Å²) in [6, 6.07) is 11.9. The average molecular weight is 372 g/mol. The second-order valence-corrected chi connectivity index (χ2v) is 7.06. The van der Waals surface area contributed by atoms with Crippen LogP contribution in [0, 0.1) is 0 Å². The van der Waals surface area contributed by atoms with E-state index in [4.69, 9.17) is 0 Å². The molecule has 2 rings (SSSR count). The first-order valence-electron chi connectivity index (χ1n) is 8.79. The van der Waals surface area contributed by atoms with Crippen molar-refractivity contribution >= 4 is 29.3 Å². The van der Waals surface area contributed by atoms with Crippen molar-refractivity contribution in [3.63, 3.8) is 0 Å². The van der Waals surface area contributed by atoms with Crippen molar-refractivity contribution in [2.45, 2.75) is 43.3 Å². The van der Waals surface area contributed by atoms with Crippen molar-refractivity contribution in [2.24, 2.45) is 0 Å². The monoisotopic (exact) mass is 371 g/mol. The van der Waals surface area contributed by atoms with E-state index in [1.54, 1.807) is 18.0 Å². The van der Waals surface area contributed by atoms with Crippen LogP contribution in [0.3, 0.4) is 0 Å². The Labute approximate surface area is 159 Å². The van der Waals surface area contributed by atoms with Crippen LogP contribution in [0.15, 0.2) is 53.7 Å². The number of nitrogens with one attached hydrogen (secondary N) is 2. The molecule has 0 bridgehead atoms. The maximum Gasteiger partial charge on any atom is 0.224 e. The molecule has 0 radical (unpaired) electrons. The van der Waals surface area contributed by atoms with Crippen LogP contribution in [0.25, 0.3) is 0 Å². The Morgan fingerprint density at radius 2 is 1.88 bits per heavy atom. The number of unbranched alkanes of at least 4 members (excludes halogenated alkanes) is 2. The Hall–Kier alpha value is -2.34. The van der Waals surface area contributed by atoms with Crippen LogP contribution < -0.4 is 10.6 Å². The minimum atomic E-state index is -0.00946. The molecule has 2 amide bonds. The van der Waals surface area contributed by atoms with Crippen LogP contribution in [0.2, 0.25) is 0 Å². The summed E-state index contributed by atoms with van der Waals surface area (Å²) in [4.78, 5) is 28.0. The van der Waals surface area contributed by atoms with Gasteiger partial charge in [-0.25, -0.2) is 0 Å². The first kappa shape index (κ1) is 20.0. The van der Waals surface area contributed by atoms with Crippen LogP contribution >= 0.6 is 11.8 Å². The third kappa shape index (κ3) is 8.16. The summed E-state index contributed by atoms with van der Waals surface area (Å²) in [5.74, 6) is 0.892. The fourth-order valence-electron chi connectivity index (χ4n) is 2.36. The molecule has 1 aromatic carbocycles. The lowest BCUT2D eigenvalue weighted by Gasteiger charge is -2.07. The van der Waals surface area contributed by atoms with Gasteiger partial charge in [-0.2, -0.15) is 0 Å². The van der Waals surface area contributed by atoms with Crippen molar-refractivity contribution in [3.05, 3.63) is 54.4 Å². The lowest BCUT2D eigenvalue weighted by Crippen LogP contribution is -2.20. The molecule has 0 saturated heterocycles. The molecule has 0 aliphatic carbocycles. The van der Waals surface area contributed by atoms with Crippen LogP contribution in [0.4, 0.5) is 5.69 Å². The zero-order valence-electron chi connectivity index (χ0n) is 15.0. The largest absolute Gasteiger partial charge is 0.356 e. The molecule has 0 fully saturated rings. The summed E-state index contributed by atoms with van der Waals surface area (Å²) in [5, 5.41) is 5.68. The highest BCUT2D eigenvalue weighted by Crippen LogP contribution is 2.24. The minimum absolute atomic E-state index is 0.00946. The highest BCUT2D eigenvalue weighted by Gasteiger charge is 2.03. The topological polar surface area (TPSA) is 71.1 Å². The summed E-state index contributed by atoms with van der Waals surface area (Å²) in [6.07, 6.45) is 6.79. The highest BCUT2D eigenvalue weighted by atomic mass is 32.2. The summed E-state index contributed by atoms with van der Waals surface area (Å²) >= 11 is 1.74. The molecule has 0 aliphatic rings. The maximum absolute atomic E-state index is 12.0. The molecule has 1 aromatic heterocycles. The predicted molar refractivity (Wildman–Crippen MR) is 106 cm³/mol. The van der Waals surface area contributed by atoms with E-state index >= 15 is 0 Å². The molecule has 0 atom stereocenters. The molecule has 0 saturated carbocycles. The lowest BCUT2D eigenvalue weighted by molar-refractivity contribution is -0.119. The molecular formula is C20H25N3O2S. The van der Waals surface area contributed by atoms with Gasteiger partial charge in [-0.15, -0.1) is 11.8 Å². The number of nitrogens with zero attached hydrogens (tertiary/aromatic N) is 1. The first-order valence-corrected chi connectivity index (χ1v) is 9.78. The molecule has 138 valence electrons. The number of carbonyl (C=O) groups is 2. The van der Waals surface area contributed by atoms with Crippen molar-refractivity contribution in [3.8, 4) is 0 Å². The van der Waals surface area contributed by atoms with Crippen LogP contribution in [-0.4, -0.2) is 23.3 Å². The molecule has 0 unspecified atom stereocenters. The average Bonchev–Trinajstić information content (AvgIpc) is 2.64. The van der Waals surface area contributed by atoms with Gasteiger partial charge in [-0.1, -0.05) is 12.5 Å². The van der Waals surface area contributed by atoms with Gasteiger partial charge >= 0.3 is 0 Å². The number of rotatable bonds is 10. The minimum Gasteiger partial charge on any atom is -0.356 e.